The zero-order valence-corrected chi connectivity index (χ0v) is 20.1. The van der Waals surface area contributed by atoms with E-state index in [4.69, 9.17) is 5.11 Å². The summed E-state index contributed by atoms with van der Waals surface area (Å²) in [6.45, 7) is 13.5. The molecule has 4 fully saturated rings. The topological polar surface area (TPSA) is 32.3 Å². The minimum Gasteiger partial charge on any atom is -0.396 e. The van der Waals surface area contributed by atoms with Gasteiger partial charge in [-0.15, -0.1) is 0 Å². The number of aliphatic hydroxyl groups excluding tert-OH is 1. The Morgan fingerprint density at radius 3 is 1.68 bits per heavy atom. The van der Waals surface area contributed by atoms with Gasteiger partial charge in [0.05, 0.1) is 0 Å². The van der Waals surface area contributed by atoms with E-state index in [-0.39, 0.29) is 0 Å². The second-order valence-electron chi connectivity index (χ2n) is 9.79. The van der Waals surface area contributed by atoms with Crippen molar-refractivity contribution >= 4 is 0 Å². The Balaban J connectivity index is 0.000000213. The summed E-state index contributed by atoms with van der Waals surface area (Å²) in [5.41, 5.74) is 0.847. The number of rotatable bonds is 4. The lowest BCUT2D eigenvalue weighted by atomic mass is 9.73. The summed E-state index contributed by atoms with van der Waals surface area (Å²) in [6, 6.07) is 0. The molecule has 4 aliphatic rings. The average molecular weight is 396 g/mol. The molecule has 0 aromatic carbocycles. The first kappa shape index (κ1) is 26.0. The monoisotopic (exact) mass is 395 g/mol. The zero-order chi connectivity index (χ0) is 20.8. The van der Waals surface area contributed by atoms with Crippen molar-refractivity contribution in [2.45, 2.75) is 118 Å². The predicted octanol–water partition coefficient (Wildman–Crippen LogP) is 7.20. The van der Waals surface area contributed by atoms with Crippen molar-refractivity contribution in [3.63, 3.8) is 0 Å². The lowest BCUT2D eigenvalue weighted by Gasteiger charge is -2.32. The fourth-order valence-corrected chi connectivity index (χ4v) is 5.16. The van der Waals surface area contributed by atoms with Gasteiger partial charge in [-0.1, -0.05) is 92.4 Å². The Bertz CT molecular complexity index is 345. The smallest absolute Gasteiger partial charge is 0.0483 e. The summed E-state index contributed by atoms with van der Waals surface area (Å²) in [7, 11) is 0. The normalized spacial score (nSPS) is 28.9. The van der Waals surface area contributed by atoms with Gasteiger partial charge in [-0.25, -0.2) is 0 Å². The van der Waals surface area contributed by atoms with Crippen LogP contribution in [0.5, 0.6) is 0 Å². The standard InChI is InChI=1S/C12H22.C8H16.C4H9NO.C2H6/c1-3-12(8-9-12)11-6-4-10(2)5-7-11;1-2-8-6-4-3-5-7-8;6-3-4-1-5-2-4;1-2/h10-11H,3-9H2,1-2H3;8H,2-7H2,1H3;4-6H,1-3H2;1-2H3. The molecule has 2 nitrogen and oxygen atoms in total. The van der Waals surface area contributed by atoms with Crippen molar-refractivity contribution in [2.24, 2.45) is 29.1 Å². The number of hydrogen-bond acceptors (Lipinski definition) is 2. The van der Waals surface area contributed by atoms with Gasteiger partial charge < -0.3 is 10.4 Å². The van der Waals surface area contributed by atoms with Gasteiger partial charge in [0.2, 0.25) is 0 Å². The molecule has 1 saturated heterocycles. The molecule has 0 spiro atoms. The molecule has 2 heteroatoms. The first-order chi connectivity index (χ1) is 13.6. The Hall–Kier alpha value is -0.0800. The van der Waals surface area contributed by atoms with E-state index in [0.29, 0.717) is 12.5 Å². The van der Waals surface area contributed by atoms with E-state index in [2.05, 4.69) is 26.1 Å². The molecular weight excluding hydrogens is 342 g/mol. The van der Waals surface area contributed by atoms with Gasteiger partial charge in [-0.2, -0.15) is 0 Å². The third kappa shape index (κ3) is 9.16. The average Bonchev–Trinajstić information content (AvgIpc) is 3.52. The first-order valence-electron chi connectivity index (χ1n) is 12.9. The zero-order valence-electron chi connectivity index (χ0n) is 20.1. The van der Waals surface area contributed by atoms with Gasteiger partial charge in [0.1, 0.15) is 0 Å². The molecule has 0 unspecified atom stereocenters. The largest absolute Gasteiger partial charge is 0.396 e. The fraction of sp³-hybridized carbons (Fsp3) is 1.00. The van der Waals surface area contributed by atoms with E-state index in [1.807, 2.05) is 13.8 Å². The molecule has 0 aromatic rings. The third-order valence-electron chi connectivity index (χ3n) is 7.90. The van der Waals surface area contributed by atoms with E-state index in [1.165, 1.54) is 70.6 Å². The highest BCUT2D eigenvalue weighted by molar-refractivity contribution is 4.98. The van der Waals surface area contributed by atoms with Crippen LogP contribution in [-0.2, 0) is 0 Å². The van der Waals surface area contributed by atoms with Crippen molar-refractivity contribution in [2.75, 3.05) is 19.7 Å². The molecule has 3 aliphatic carbocycles. The van der Waals surface area contributed by atoms with Crippen LogP contribution < -0.4 is 5.32 Å². The Labute approximate surface area is 177 Å². The summed E-state index contributed by atoms with van der Waals surface area (Å²) in [5, 5.41) is 11.4. The molecular formula is C26H53NO. The lowest BCUT2D eigenvalue weighted by Crippen LogP contribution is -2.43. The minimum absolute atomic E-state index is 0.354. The molecule has 0 atom stereocenters. The quantitative estimate of drug-likeness (QED) is 0.527. The van der Waals surface area contributed by atoms with E-state index in [0.717, 1.165) is 36.3 Å². The fourth-order valence-electron chi connectivity index (χ4n) is 5.16. The summed E-state index contributed by atoms with van der Waals surface area (Å²) < 4.78 is 0. The number of aliphatic hydroxyl groups is 1. The van der Waals surface area contributed by atoms with Gasteiger partial charge >= 0.3 is 0 Å². The maximum absolute atomic E-state index is 8.35. The molecule has 0 bridgehead atoms. The second kappa shape index (κ2) is 14.8. The van der Waals surface area contributed by atoms with Crippen molar-refractivity contribution in [3.05, 3.63) is 0 Å². The van der Waals surface area contributed by atoms with Gasteiger partial charge in [0.15, 0.2) is 0 Å². The van der Waals surface area contributed by atoms with Crippen LogP contribution >= 0.6 is 0 Å². The summed E-state index contributed by atoms with van der Waals surface area (Å²) in [6.07, 6.45) is 19.6. The van der Waals surface area contributed by atoms with Crippen LogP contribution in [0.25, 0.3) is 0 Å². The molecule has 1 heterocycles. The number of hydrogen-bond donors (Lipinski definition) is 2. The van der Waals surface area contributed by atoms with Crippen molar-refractivity contribution in [1.29, 1.82) is 0 Å². The highest BCUT2D eigenvalue weighted by Gasteiger charge is 2.47. The van der Waals surface area contributed by atoms with Crippen LogP contribution in [0.1, 0.15) is 118 Å². The molecule has 0 radical (unpaired) electrons. The van der Waals surface area contributed by atoms with Crippen LogP contribution in [0, 0.1) is 29.1 Å². The van der Waals surface area contributed by atoms with E-state index in [9.17, 15) is 0 Å². The Morgan fingerprint density at radius 1 is 0.821 bits per heavy atom. The molecule has 3 saturated carbocycles. The molecule has 28 heavy (non-hydrogen) atoms. The highest BCUT2D eigenvalue weighted by Crippen LogP contribution is 2.58. The molecule has 0 aromatic heterocycles. The van der Waals surface area contributed by atoms with Crippen molar-refractivity contribution in [1.82, 2.24) is 5.32 Å². The Kier molecular flexibility index (Phi) is 13.7. The van der Waals surface area contributed by atoms with Crippen molar-refractivity contribution in [3.8, 4) is 0 Å². The van der Waals surface area contributed by atoms with Gasteiger partial charge in [-0.05, 0) is 48.9 Å². The van der Waals surface area contributed by atoms with Gasteiger partial charge in [0.25, 0.3) is 0 Å². The first-order valence-corrected chi connectivity index (χ1v) is 12.9. The SMILES string of the molecule is CC.CCC1(C2CCC(C)CC2)CC1.CCC1CCCCC1.OCC1CNC1. The number of nitrogens with one attached hydrogen (secondary N) is 1. The van der Waals surface area contributed by atoms with E-state index < -0.39 is 0 Å². The lowest BCUT2D eigenvalue weighted by molar-refractivity contribution is 0.180. The Morgan fingerprint density at radius 2 is 1.39 bits per heavy atom. The maximum Gasteiger partial charge on any atom is 0.0483 e. The summed E-state index contributed by atoms with van der Waals surface area (Å²) >= 11 is 0. The summed E-state index contributed by atoms with van der Waals surface area (Å²) in [4.78, 5) is 0. The molecule has 168 valence electrons. The third-order valence-corrected chi connectivity index (χ3v) is 7.90. The van der Waals surface area contributed by atoms with Crippen LogP contribution in [0.3, 0.4) is 0 Å². The minimum atomic E-state index is 0.354. The maximum atomic E-state index is 8.35. The van der Waals surface area contributed by atoms with Crippen LogP contribution in [0.15, 0.2) is 0 Å². The molecule has 0 amide bonds. The van der Waals surface area contributed by atoms with E-state index >= 15 is 0 Å². The molecule has 4 rings (SSSR count). The molecule has 1 aliphatic heterocycles. The van der Waals surface area contributed by atoms with Gasteiger partial charge in [0, 0.05) is 25.6 Å². The van der Waals surface area contributed by atoms with E-state index in [1.54, 1.807) is 12.8 Å². The molecule has 2 N–H and O–H groups in total. The highest BCUT2D eigenvalue weighted by atomic mass is 16.3. The van der Waals surface area contributed by atoms with Crippen LogP contribution in [0.4, 0.5) is 0 Å². The van der Waals surface area contributed by atoms with Crippen LogP contribution in [-0.4, -0.2) is 24.8 Å². The predicted molar refractivity (Wildman–Crippen MR) is 125 cm³/mol. The van der Waals surface area contributed by atoms with Gasteiger partial charge in [-0.3, -0.25) is 0 Å². The second-order valence-corrected chi connectivity index (χ2v) is 9.79. The van der Waals surface area contributed by atoms with Crippen LogP contribution in [0.2, 0.25) is 0 Å². The summed E-state index contributed by atoms with van der Waals surface area (Å²) in [5.74, 6) is 3.78. The van der Waals surface area contributed by atoms with Crippen molar-refractivity contribution < 1.29 is 5.11 Å².